The van der Waals surface area contributed by atoms with Crippen molar-refractivity contribution in [1.29, 1.82) is 0 Å². The third-order valence-electron chi connectivity index (χ3n) is 2.33. The molecule has 0 bridgehead atoms. The van der Waals surface area contributed by atoms with Gasteiger partial charge in [-0.1, -0.05) is 24.8 Å². The summed E-state index contributed by atoms with van der Waals surface area (Å²) in [5, 5.41) is 3.16. The zero-order valence-electron chi connectivity index (χ0n) is 10.4. The van der Waals surface area contributed by atoms with Gasteiger partial charge in [0.15, 0.2) is 11.6 Å². The third-order valence-corrected chi connectivity index (χ3v) is 5.05. The van der Waals surface area contributed by atoms with Gasteiger partial charge in [0, 0.05) is 5.19 Å². The lowest BCUT2D eigenvalue weighted by molar-refractivity contribution is 0.215. The first-order valence-corrected chi connectivity index (χ1v) is 9.44. The van der Waals surface area contributed by atoms with Crippen molar-refractivity contribution in [1.82, 2.24) is 0 Å². The van der Waals surface area contributed by atoms with E-state index in [0.717, 1.165) is 6.21 Å². The maximum atomic E-state index is 14.1. The van der Waals surface area contributed by atoms with E-state index in [9.17, 15) is 13.2 Å². The Hall–Kier alpha value is -0.823. The Kier molecular flexibility index (Phi) is 4.60. The summed E-state index contributed by atoms with van der Waals surface area (Å²) < 4.78 is 41.7. The molecule has 0 fully saturated rings. The molecule has 0 N–H and O–H groups in total. The lowest BCUT2D eigenvalue weighted by atomic mass is 10.2. The van der Waals surface area contributed by atoms with Crippen molar-refractivity contribution in [2.24, 2.45) is 5.16 Å². The van der Waals surface area contributed by atoms with Gasteiger partial charge in [0.2, 0.25) is 0 Å². The average molecular weight is 340 g/mol. The number of benzene rings is 1. The van der Waals surface area contributed by atoms with Gasteiger partial charge in [-0.15, -0.1) is 0 Å². The van der Waals surface area contributed by atoms with Crippen LogP contribution >= 0.6 is 15.9 Å². The Morgan fingerprint density at radius 2 is 1.67 bits per heavy atom. The highest BCUT2D eigenvalue weighted by Gasteiger charge is 2.31. The standard InChI is InChI=1S/C11H13BrF3NOSi/c1-17-16-5-6-7(12)9(14)11(18(2,3)4)10(15)8(6)13/h5H,1-4H3/b16-5+. The predicted molar refractivity (Wildman–Crippen MR) is 71.6 cm³/mol. The Labute approximate surface area is 113 Å². The minimum Gasteiger partial charge on any atom is -0.399 e. The van der Waals surface area contributed by atoms with E-state index in [0.29, 0.717) is 0 Å². The van der Waals surface area contributed by atoms with Crippen LogP contribution in [0, 0.1) is 17.5 Å². The summed E-state index contributed by atoms with van der Waals surface area (Å²) >= 11 is 2.93. The molecule has 0 saturated carbocycles. The summed E-state index contributed by atoms with van der Waals surface area (Å²) in [5.74, 6) is -3.04. The summed E-state index contributed by atoms with van der Waals surface area (Å²) in [6, 6.07) is 0. The number of hydrogen-bond acceptors (Lipinski definition) is 2. The SMILES string of the molecule is CO/N=C/c1c(F)c(F)c([Si](C)(C)C)c(F)c1Br. The van der Waals surface area contributed by atoms with Crippen LogP contribution in [0.4, 0.5) is 13.2 Å². The number of nitrogens with zero attached hydrogens (tertiary/aromatic N) is 1. The first-order chi connectivity index (χ1) is 8.21. The molecule has 0 aliphatic carbocycles. The maximum Gasteiger partial charge on any atom is 0.168 e. The molecule has 0 unspecified atom stereocenters. The highest BCUT2D eigenvalue weighted by Crippen LogP contribution is 2.25. The van der Waals surface area contributed by atoms with Crippen LogP contribution in [0.15, 0.2) is 9.63 Å². The van der Waals surface area contributed by atoms with Gasteiger partial charge in [-0.3, -0.25) is 0 Å². The van der Waals surface area contributed by atoms with E-state index in [-0.39, 0.29) is 15.2 Å². The van der Waals surface area contributed by atoms with Gasteiger partial charge in [0.05, 0.1) is 24.3 Å². The molecule has 1 rings (SSSR count). The quantitative estimate of drug-likeness (QED) is 0.358. The molecule has 0 spiro atoms. The second-order valence-electron chi connectivity index (χ2n) is 4.71. The van der Waals surface area contributed by atoms with E-state index in [1.165, 1.54) is 7.11 Å². The van der Waals surface area contributed by atoms with Crippen LogP contribution in [-0.2, 0) is 4.84 Å². The third kappa shape index (κ3) is 2.77. The van der Waals surface area contributed by atoms with Crippen molar-refractivity contribution in [3.8, 4) is 0 Å². The van der Waals surface area contributed by atoms with Gasteiger partial charge >= 0.3 is 0 Å². The van der Waals surface area contributed by atoms with Gasteiger partial charge in [0.1, 0.15) is 12.9 Å². The molecule has 1 aromatic carbocycles. The van der Waals surface area contributed by atoms with E-state index in [2.05, 4.69) is 25.9 Å². The summed E-state index contributed by atoms with van der Waals surface area (Å²) in [4.78, 5) is 4.38. The zero-order valence-corrected chi connectivity index (χ0v) is 13.0. The molecule has 0 amide bonds. The van der Waals surface area contributed by atoms with Crippen LogP contribution in [0.2, 0.25) is 19.6 Å². The van der Waals surface area contributed by atoms with Crippen molar-refractivity contribution >= 4 is 35.4 Å². The lowest BCUT2D eigenvalue weighted by Crippen LogP contribution is -2.43. The van der Waals surface area contributed by atoms with E-state index in [1.807, 2.05) is 0 Å². The Balaban J connectivity index is 3.61. The minimum absolute atomic E-state index is 0.139. The van der Waals surface area contributed by atoms with E-state index in [1.54, 1.807) is 19.6 Å². The van der Waals surface area contributed by atoms with Crippen molar-refractivity contribution in [2.75, 3.05) is 7.11 Å². The largest absolute Gasteiger partial charge is 0.399 e. The molecule has 0 radical (unpaired) electrons. The topological polar surface area (TPSA) is 21.6 Å². The van der Waals surface area contributed by atoms with Crippen LogP contribution in [-0.4, -0.2) is 21.4 Å². The molecule has 100 valence electrons. The summed E-state index contributed by atoms with van der Waals surface area (Å²) in [7, 11) is -1.08. The highest BCUT2D eigenvalue weighted by molar-refractivity contribution is 9.10. The Bertz CT molecular complexity index is 471. The number of hydrogen-bond donors (Lipinski definition) is 0. The van der Waals surface area contributed by atoms with Crippen LogP contribution in [0.3, 0.4) is 0 Å². The molecule has 0 aliphatic rings. The molecule has 2 nitrogen and oxygen atoms in total. The van der Waals surface area contributed by atoms with Crippen molar-refractivity contribution < 1.29 is 18.0 Å². The fourth-order valence-electron chi connectivity index (χ4n) is 1.53. The number of oxime groups is 1. The van der Waals surface area contributed by atoms with Gasteiger partial charge < -0.3 is 4.84 Å². The zero-order chi connectivity index (χ0) is 14.1. The monoisotopic (exact) mass is 339 g/mol. The molecule has 0 heterocycles. The minimum atomic E-state index is -2.34. The fourth-order valence-corrected chi connectivity index (χ4v) is 3.74. The molecular weight excluding hydrogens is 327 g/mol. The smallest absolute Gasteiger partial charge is 0.168 e. The normalized spacial score (nSPS) is 12.2. The molecule has 0 saturated heterocycles. The average Bonchev–Trinajstić information content (AvgIpc) is 2.25. The van der Waals surface area contributed by atoms with E-state index >= 15 is 0 Å². The van der Waals surface area contributed by atoms with Gasteiger partial charge in [-0.05, 0) is 15.9 Å². The van der Waals surface area contributed by atoms with Crippen LogP contribution in [0.5, 0.6) is 0 Å². The second kappa shape index (κ2) is 5.44. The molecule has 18 heavy (non-hydrogen) atoms. The van der Waals surface area contributed by atoms with E-state index in [4.69, 9.17) is 0 Å². The first-order valence-electron chi connectivity index (χ1n) is 5.14. The molecule has 0 aliphatic heterocycles. The summed E-state index contributed by atoms with van der Waals surface area (Å²) in [6.45, 7) is 5.22. The van der Waals surface area contributed by atoms with Crippen molar-refractivity contribution in [3.63, 3.8) is 0 Å². The first kappa shape index (κ1) is 15.2. The summed E-state index contributed by atoms with van der Waals surface area (Å²) in [6.07, 6.45) is 0.930. The predicted octanol–water partition coefficient (Wildman–Crippen LogP) is 3.39. The molecule has 0 atom stereocenters. The second-order valence-corrected chi connectivity index (χ2v) is 10.5. The van der Waals surface area contributed by atoms with Gasteiger partial charge in [-0.25, -0.2) is 13.2 Å². The molecule has 1 aromatic rings. The van der Waals surface area contributed by atoms with Gasteiger partial charge in [0.25, 0.3) is 0 Å². The Morgan fingerprint density at radius 3 is 2.11 bits per heavy atom. The molecule has 7 heteroatoms. The molecular formula is C11H13BrF3NOSi. The number of halogens is 4. The highest BCUT2D eigenvalue weighted by atomic mass is 79.9. The molecule has 0 aromatic heterocycles. The summed E-state index contributed by atoms with van der Waals surface area (Å²) in [5.41, 5.74) is -0.297. The van der Waals surface area contributed by atoms with Crippen molar-refractivity contribution in [3.05, 3.63) is 27.5 Å². The Morgan fingerprint density at radius 1 is 1.11 bits per heavy atom. The maximum absolute atomic E-state index is 14.1. The lowest BCUT2D eigenvalue weighted by Gasteiger charge is -2.20. The fraction of sp³-hybridized carbons (Fsp3) is 0.364. The van der Waals surface area contributed by atoms with E-state index < -0.39 is 25.5 Å². The van der Waals surface area contributed by atoms with Crippen LogP contribution < -0.4 is 5.19 Å². The van der Waals surface area contributed by atoms with Crippen LogP contribution in [0.25, 0.3) is 0 Å². The van der Waals surface area contributed by atoms with Gasteiger partial charge in [-0.2, -0.15) is 0 Å². The van der Waals surface area contributed by atoms with Crippen molar-refractivity contribution in [2.45, 2.75) is 19.6 Å². The number of rotatable bonds is 3. The van der Waals surface area contributed by atoms with Crippen LogP contribution in [0.1, 0.15) is 5.56 Å².